The van der Waals surface area contributed by atoms with E-state index in [1.165, 1.54) is 5.56 Å². The van der Waals surface area contributed by atoms with Crippen LogP contribution in [0.5, 0.6) is 0 Å². The summed E-state index contributed by atoms with van der Waals surface area (Å²) in [4.78, 5) is 14.0. The molecule has 19 heavy (non-hydrogen) atoms. The summed E-state index contributed by atoms with van der Waals surface area (Å²) >= 11 is 3.44. The first-order chi connectivity index (χ1) is 9.28. The molecule has 0 bridgehead atoms. The number of alkyl halides is 1. The standard InChI is InChI=1S/C16H14BrNO/c17-10-12-5-7-13(8-6-12)11-18-15-4-2-1-3-14(15)9-16(18)19/h1-8H,9-11H2. The van der Waals surface area contributed by atoms with Gasteiger partial charge in [0.1, 0.15) is 0 Å². The summed E-state index contributed by atoms with van der Waals surface area (Å²) in [7, 11) is 0. The first-order valence-corrected chi connectivity index (χ1v) is 7.42. The molecule has 1 heterocycles. The molecule has 2 aromatic rings. The molecule has 0 N–H and O–H groups in total. The number of hydrogen-bond donors (Lipinski definition) is 0. The molecule has 96 valence electrons. The van der Waals surface area contributed by atoms with Gasteiger partial charge >= 0.3 is 0 Å². The zero-order valence-corrected chi connectivity index (χ0v) is 12.1. The average Bonchev–Trinajstić information content (AvgIpc) is 2.76. The molecule has 3 heteroatoms. The van der Waals surface area contributed by atoms with E-state index in [0.717, 1.165) is 22.1 Å². The summed E-state index contributed by atoms with van der Waals surface area (Å²) in [5.41, 5.74) is 4.59. The normalized spacial score (nSPS) is 13.7. The van der Waals surface area contributed by atoms with Crippen LogP contribution in [0.15, 0.2) is 48.5 Å². The van der Waals surface area contributed by atoms with Crippen molar-refractivity contribution in [3.8, 4) is 0 Å². The number of rotatable bonds is 3. The second-order valence-corrected chi connectivity index (χ2v) is 5.30. The smallest absolute Gasteiger partial charge is 0.231 e. The van der Waals surface area contributed by atoms with Crippen molar-refractivity contribution in [2.45, 2.75) is 18.3 Å². The molecule has 0 radical (unpaired) electrons. The number of anilines is 1. The minimum atomic E-state index is 0.186. The van der Waals surface area contributed by atoms with Crippen molar-refractivity contribution < 1.29 is 4.79 Å². The molecular weight excluding hydrogens is 302 g/mol. The van der Waals surface area contributed by atoms with Crippen molar-refractivity contribution >= 4 is 27.5 Å². The van der Waals surface area contributed by atoms with E-state index in [1.807, 2.05) is 29.2 Å². The number of para-hydroxylation sites is 1. The molecule has 0 aliphatic carbocycles. The molecule has 0 aromatic heterocycles. The van der Waals surface area contributed by atoms with Gasteiger partial charge in [0.05, 0.1) is 13.0 Å². The third-order valence-corrected chi connectivity index (χ3v) is 4.09. The van der Waals surface area contributed by atoms with Crippen molar-refractivity contribution in [3.63, 3.8) is 0 Å². The van der Waals surface area contributed by atoms with Crippen LogP contribution >= 0.6 is 15.9 Å². The molecule has 1 aliphatic heterocycles. The molecule has 0 fully saturated rings. The van der Waals surface area contributed by atoms with Gasteiger partial charge in [0.25, 0.3) is 0 Å². The summed E-state index contributed by atoms with van der Waals surface area (Å²) in [6, 6.07) is 16.4. The number of carbonyl (C=O) groups excluding carboxylic acids is 1. The lowest BCUT2D eigenvalue weighted by atomic mass is 10.1. The van der Waals surface area contributed by atoms with E-state index in [4.69, 9.17) is 0 Å². The maximum Gasteiger partial charge on any atom is 0.231 e. The fraction of sp³-hybridized carbons (Fsp3) is 0.188. The van der Waals surface area contributed by atoms with Gasteiger partial charge in [-0.15, -0.1) is 0 Å². The lowest BCUT2D eigenvalue weighted by molar-refractivity contribution is -0.117. The van der Waals surface area contributed by atoms with E-state index >= 15 is 0 Å². The van der Waals surface area contributed by atoms with E-state index in [2.05, 4.69) is 40.2 Å². The van der Waals surface area contributed by atoms with Gasteiger partial charge in [-0.1, -0.05) is 58.4 Å². The summed E-state index contributed by atoms with van der Waals surface area (Å²) < 4.78 is 0. The molecule has 0 unspecified atom stereocenters. The summed E-state index contributed by atoms with van der Waals surface area (Å²) in [6.07, 6.45) is 0.523. The maximum absolute atomic E-state index is 12.1. The molecular formula is C16H14BrNO. The average molecular weight is 316 g/mol. The summed E-state index contributed by atoms with van der Waals surface area (Å²) in [5, 5.41) is 0.860. The SMILES string of the molecule is O=C1Cc2ccccc2N1Cc1ccc(CBr)cc1. The fourth-order valence-electron chi connectivity index (χ4n) is 2.41. The summed E-state index contributed by atoms with van der Waals surface area (Å²) in [6.45, 7) is 0.651. The Labute approximate surface area is 121 Å². The van der Waals surface area contributed by atoms with Gasteiger partial charge in [0.2, 0.25) is 5.91 Å². The van der Waals surface area contributed by atoms with E-state index in [-0.39, 0.29) is 5.91 Å². The lowest BCUT2D eigenvalue weighted by Gasteiger charge is -2.17. The first-order valence-electron chi connectivity index (χ1n) is 6.30. The number of carbonyl (C=O) groups is 1. The molecule has 2 aromatic carbocycles. The number of hydrogen-bond acceptors (Lipinski definition) is 1. The van der Waals surface area contributed by atoms with Crippen LogP contribution in [-0.4, -0.2) is 5.91 Å². The van der Waals surface area contributed by atoms with Gasteiger partial charge in [-0.05, 0) is 22.8 Å². The fourth-order valence-corrected chi connectivity index (χ4v) is 2.78. The Balaban J connectivity index is 1.84. The van der Waals surface area contributed by atoms with Gasteiger partial charge in [-0.25, -0.2) is 0 Å². The number of halogens is 1. The molecule has 1 amide bonds. The number of benzene rings is 2. The quantitative estimate of drug-likeness (QED) is 0.791. The molecule has 2 nitrogen and oxygen atoms in total. The Morgan fingerprint density at radius 2 is 1.68 bits per heavy atom. The monoisotopic (exact) mass is 315 g/mol. The Bertz CT molecular complexity index is 606. The topological polar surface area (TPSA) is 20.3 Å². The highest BCUT2D eigenvalue weighted by Gasteiger charge is 2.26. The molecule has 0 saturated heterocycles. The minimum absolute atomic E-state index is 0.186. The lowest BCUT2D eigenvalue weighted by Crippen LogP contribution is -2.25. The number of nitrogens with zero attached hydrogens (tertiary/aromatic N) is 1. The van der Waals surface area contributed by atoms with Crippen molar-refractivity contribution in [2.24, 2.45) is 0 Å². The highest BCUT2D eigenvalue weighted by atomic mass is 79.9. The predicted molar refractivity (Wildman–Crippen MR) is 80.4 cm³/mol. The van der Waals surface area contributed by atoms with Crippen molar-refractivity contribution in [2.75, 3.05) is 4.90 Å². The van der Waals surface area contributed by atoms with Crippen LogP contribution in [0.2, 0.25) is 0 Å². The van der Waals surface area contributed by atoms with E-state index in [1.54, 1.807) is 0 Å². The van der Waals surface area contributed by atoms with Gasteiger partial charge in [-0.2, -0.15) is 0 Å². The van der Waals surface area contributed by atoms with Crippen LogP contribution < -0.4 is 4.90 Å². The van der Waals surface area contributed by atoms with E-state index < -0.39 is 0 Å². The van der Waals surface area contributed by atoms with Crippen LogP contribution in [0.3, 0.4) is 0 Å². The highest BCUT2D eigenvalue weighted by molar-refractivity contribution is 9.08. The Morgan fingerprint density at radius 3 is 2.42 bits per heavy atom. The van der Waals surface area contributed by atoms with Crippen molar-refractivity contribution in [1.29, 1.82) is 0 Å². The molecule has 0 atom stereocenters. The number of amides is 1. The van der Waals surface area contributed by atoms with Crippen LogP contribution in [0.25, 0.3) is 0 Å². The molecule has 0 spiro atoms. The zero-order valence-electron chi connectivity index (χ0n) is 10.5. The van der Waals surface area contributed by atoms with Crippen molar-refractivity contribution in [3.05, 3.63) is 65.2 Å². The van der Waals surface area contributed by atoms with Gasteiger partial charge in [-0.3, -0.25) is 4.79 Å². The Hall–Kier alpha value is -1.61. The largest absolute Gasteiger partial charge is 0.307 e. The van der Waals surface area contributed by atoms with E-state index in [9.17, 15) is 4.79 Å². The van der Waals surface area contributed by atoms with Crippen molar-refractivity contribution in [1.82, 2.24) is 0 Å². The van der Waals surface area contributed by atoms with Gasteiger partial charge in [0, 0.05) is 11.0 Å². The molecule has 0 saturated carbocycles. The Kier molecular flexibility index (Phi) is 3.38. The second kappa shape index (κ2) is 5.17. The zero-order chi connectivity index (χ0) is 13.2. The third-order valence-electron chi connectivity index (χ3n) is 3.44. The van der Waals surface area contributed by atoms with Crippen LogP contribution in [0.1, 0.15) is 16.7 Å². The maximum atomic E-state index is 12.1. The van der Waals surface area contributed by atoms with Crippen LogP contribution in [-0.2, 0) is 23.1 Å². The van der Waals surface area contributed by atoms with Crippen LogP contribution in [0.4, 0.5) is 5.69 Å². The second-order valence-electron chi connectivity index (χ2n) is 4.74. The molecule has 1 aliphatic rings. The predicted octanol–water partition coefficient (Wildman–Crippen LogP) is 3.67. The third kappa shape index (κ3) is 2.43. The number of fused-ring (bicyclic) bond motifs is 1. The minimum Gasteiger partial charge on any atom is -0.307 e. The van der Waals surface area contributed by atoms with Crippen LogP contribution in [0, 0.1) is 0 Å². The van der Waals surface area contributed by atoms with Gasteiger partial charge in [0.15, 0.2) is 0 Å². The van der Waals surface area contributed by atoms with Gasteiger partial charge < -0.3 is 4.90 Å². The molecule has 3 rings (SSSR count). The summed E-state index contributed by atoms with van der Waals surface area (Å²) in [5.74, 6) is 0.186. The Morgan fingerprint density at radius 1 is 1.00 bits per heavy atom. The highest BCUT2D eigenvalue weighted by Crippen LogP contribution is 2.29. The van der Waals surface area contributed by atoms with E-state index in [0.29, 0.717) is 13.0 Å². The first kappa shape index (κ1) is 12.4.